The van der Waals surface area contributed by atoms with Crippen LogP contribution in [-0.2, 0) is 4.79 Å². The number of nitriles is 1. The van der Waals surface area contributed by atoms with Crippen LogP contribution < -0.4 is 10.1 Å². The normalized spacial score (nSPS) is 10.9. The van der Waals surface area contributed by atoms with Crippen molar-refractivity contribution in [1.29, 1.82) is 5.26 Å². The van der Waals surface area contributed by atoms with E-state index in [4.69, 9.17) is 4.74 Å². The molecule has 1 heterocycles. The van der Waals surface area contributed by atoms with Gasteiger partial charge in [0.2, 0.25) is 0 Å². The molecule has 0 bridgehead atoms. The second kappa shape index (κ2) is 8.30. The third kappa shape index (κ3) is 4.60. The largest absolute Gasteiger partial charge is 0.497 e. The quantitative estimate of drug-likeness (QED) is 0.519. The Labute approximate surface area is 161 Å². The molecule has 1 N–H and O–H groups in total. The van der Waals surface area contributed by atoms with Gasteiger partial charge < -0.3 is 4.74 Å². The van der Waals surface area contributed by atoms with Gasteiger partial charge in [0, 0.05) is 10.9 Å². The van der Waals surface area contributed by atoms with Crippen LogP contribution in [-0.4, -0.2) is 18.0 Å². The van der Waals surface area contributed by atoms with Gasteiger partial charge in [0.1, 0.15) is 17.4 Å². The molecule has 1 aromatic heterocycles. The fourth-order valence-corrected chi connectivity index (χ4v) is 3.08. The lowest BCUT2D eigenvalue weighted by Gasteiger charge is -2.02. The summed E-state index contributed by atoms with van der Waals surface area (Å²) in [5.74, 6) is 0.222. The molecule has 0 fully saturated rings. The van der Waals surface area contributed by atoms with Crippen LogP contribution in [0.25, 0.3) is 17.3 Å². The maximum Gasteiger partial charge on any atom is 0.268 e. The maximum absolute atomic E-state index is 12.4. The number of hydrogen-bond donors (Lipinski definition) is 1. The van der Waals surface area contributed by atoms with E-state index in [1.807, 2.05) is 42.6 Å². The van der Waals surface area contributed by atoms with Crippen molar-refractivity contribution >= 4 is 28.5 Å². The highest BCUT2D eigenvalue weighted by molar-refractivity contribution is 7.14. The van der Waals surface area contributed by atoms with Crippen LogP contribution in [0.5, 0.6) is 5.75 Å². The molecule has 6 heteroatoms. The Morgan fingerprint density at radius 2 is 1.89 bits per heavy atom. The lowest BCUT2D eigenvalue weighted by molar-refractivity contribution is -0.112. The van der Waals surface area contributed by atoms with E-state index in [1.165, 1.54) is 23.0 Å². The van der Waals surface area contributed by atoms with Gasteiger partial charge in [-0.05, 0) is 30.7 Å². The summed E-state index contributed by atoms with van der Waals surface area (Å²) < 4.78 is 5.10. The van der Waals surface area contributed by atoms with E-state index in [2.05, 4.69) is 10.3 Å². The number of hydrogen-bond acceptors (Lipinski definition) is 5. The van der Waals surface area contributed by atoms with Crippen LogP contribution in [0.3, 0.4) is 0 Å². The molecule has 3 aromatic rings. The molecule has 2 aromatic carbocycles. The van der Waals surface area contributed by atoms with Gasteiger partial charge in [-0.15, -0.1) is 11.3 Å². The van der Waals surface area contributed by atoms with Crippen LogP contribution in [0, 0.1) is 18.3 Å². The van der Waals surface area contributed by atoms with Crippen molar-refractivity contribution < 1.29 is 9.53 Å². The number of anilines is 1. The van der Waals surface area contributed by atoms with Gasteiger partial charge in [-0.2, -0.15) is 5.26 Å². The minimum atomic E-state index is -0.488. The Bertz CT molecular complexity index is 1010. The standard InChI is InChI=1S/C21H17N3O2S/c1-14-3-7-16(8-4-14)19-13-27-21(23-19)24-20(25)17(12-22)11-15-5-9-18(26-2)10-6-15/h3-11,13H,1-2H3,(H,23,24,25). The predicted molar refractivity (Wildman–Crippen MR) is 108 cm³/mol. The van der Waals surface area contributed by atoms with Crippen LogP contribution in [0.15, 0.2) is 59.5 Å². The van der Waals surface area contributed by atoms with Gasteiger partial charge in [0.15, 0.2) is 5.13 Å². The average molecular weight is 375 g/mol. The zero-order chi connectivity index (χ0) is 19.2. The van der Waals surface area contributed by atoms with Crippen molar-refractivity contribution in [3.8, 4) is 23.1 Å². The van der Waals surface area contributed by atoms with Crippen molar-refractivity contribution in [2.24, 2.45) is 0 Å². The van der Waals surface area contributed by atoms with E-state index in [0.29, 0.717) is 10.9 Å². The molecule has 0 spiro atoms. The van der Waals surface area contributed by atoms with Gasteiger partial charge in [-0.25, -0.2) is 4.98 Å². The number of aromatic nitrogens is 1. The van der Waals surface area contributed by atoms with Crippen LogP contribution in [0.2, 0.25) is 0 Å². The number of rotatable bonds is 5. The zero-order valence-corrected chi connectivity index (χ0v) is 15.7. The molecule has 0 aliphatic heterocycles. The van der Waals surface area contributed by atoms with Gasteiger partial charge in [0.05, 0.1) is 12.8 Å². The smallest absolute Gasteiger partial charge is 0.268 e. The molecule has 27 heavy (non-hydrogen) atoms. The molecule has 0 aliphatic rings. The first-order chi connectivity index (χ1) is 13.1. The molecule has 0 saturated carbocycles. The molecule has 134 valence electrons. The number of ether oxygens (including phenoxy) is 1. The Morgan fingerprint density at radius 1 is 1.19 bits per heavy atom. The molecule has 0 unspecified atom stereocenters. The average Bonchev–Trinajstić information content (AvgIpc) is 3.15. The maximum atomic E-state index is 12.4. The number of thiazole rings is 1. The van der Waals surface area contributed by atoms with Gasteiger partial charge in [0.25, 0.3) is 5.91 Å². The van der Waals surface area contributed by atoms with E-state index >= 15 is 0 Å². The zero-order valence-electron chi connectivity index (χ0n) is 14.9. The first kappa shape index (κ1) is 18.4. The number of methoxy groups -OCH3 is 1. The molecule has 5 nitrogen and oxygen atoms in total. The summed E-state index contributed by atoms with van der Waals surface area (Å²) in [5, 5.41) is 14.3. The fourth-order valence-electron chi connectivity index (χ4n) is 2.37. The summed E-state index contributed by atoms with van der Waals surface area (Å²) in [4.78, 5) is 16.8. The Kier molecular flexibility index (Phi) is 5.64. The highest BCUT2D eigenvalue weighted by Gasteiger charge is 2.12. The predicted octanol–water partition coefficient (Wildman–Crippen LogP) is 4.67. The number of nitrogens with one attached hydrogen (secondary N) is 1. The minimum Gasteiger partial charge on any atom is -0.497 e. The van der Waals surface area contributed by atoms with E-state index < -0.39 is 5.91 Å². The Morgan fingerprint density at radius 3 is 2.52 bits per heavy atom. The molecule has 0 radical (unpaired) electrons. The number of nitrogens with zero attached hydrogens (tertiary/aromatic N) is 2. The first-order valence-corrected chi connectivity index (χ1v) is 9.07. The SMILES string of the molecule is COc1ccc(C=C(C#N)C(=O)Nc2nc(-c3ccc(C)cc3)cs2)cc1. The van der Waals surface area contributed by atoms with Gasteiger partial charge in [-0.1, -0.05) is 42.0 Å². The highest BCUT2D eigenvalue weighted by Crippen LogP contribution is 2.25. The van der Waals surface area contributed by atoms with E-state index in [0.717, 1.165) is 16.8 Å². The minimum absolute atomic E-state index is 0.00672. The molecular weight excluding hydrogens is 358 g/mol. The summed E-state index contributed by atoms with van der Waals surface area (Å²) >= 11 is 1.32. The third-order valence-electron chi connectivity index (χ3n) is 3.86. The molecule has 0 aliphatic carbocycles. The third-order valence-corrected chi connectivity index (χ3v) is 4.62. The van der Waals surface area contributed by atoms with E-state index in [1.54, 1.807) is 31.4 Å². The van der Waals surface area contributed by atoms with Crippen molar-refractivity contribution in [3.05, 3.63) is 70.6 Å². The van der Waals surface area contributed by atoms with E-state index in [9.17, 15) is 10.1 Å². The molecule has 0 saturated heterocycles. The van der Waals surface area contributed by atoms with Crippen LogP contribution in [0.1, 0.15) is 11.1 Å². The van der Waals surface area contributed by atoms with Gasteiger partial charge >= 0.3 is 0 Å². The first-order valence-electron chi connectivity index (χ1n) is 8.19. The van der Waals surface area contributed by atoms with E-state index in [-0.39, 0.29) is 5.57 Å². The van der Waals surface area contributed by atoms with Crippen molar-refractivity contribution in [2.75, 3.05) is 12.4 Å². The molecule has 0 atom stereocenters. The Hall–Kier alpha value is -3.43. The number of amides is 1. The van der Waals surface area contributed by atoms with Crippen molar-refractivity contribution in [3.63, 3.8) is 0 Å². The summed E-state index contributed by atoms with van der Waals surface area (Å²) in [6.45, 7) is 2.02. The van der Waals surface area contributed by atoms with Crippen LogP contribution >= 0.6 is 11.3 Å². The number of carbonyl (C=O) groups excluding carboxylic acids is 1. The summed E-state index contributed by atoms with van der Waals surface area (Å²) in [6.07, 6.45) is 1.53. The fraction of sp³-hybridized carbons (Fsp3) is 0.0952. The monoisotopic (exact) mass is 375 g/mol. The topological polar surface area (TPSA) is 75.0 Å². The van der Waals surface area contributed by atoms with Crippen molar-refractivity contribution in [2.45, 2.75) is 6.92 Å². The highest BCUT2D eigenvalue weighted by atomic mass is 32.1. The summed E-state index contributed by atoms with van der Waals surface area (Å²) in [5.41, 5.74) is 3.68. The molecule has 1 amide bonds. The number of carbonyl (C=O) groups is 1. The summed E-state index contributed by atoms with van der Waals surface area (Å²) in [6, 6.07) is 17.0. The second-order valence-electron chi connectivity index (χ2n) is 5.80. The Balaban J connectivity index is 1.74. The second-order valence-corrected chi connectivity index (χ2v) is 6.66. The summed E-state index contributed by atoms with van der Waals surface area (Å²) in [7, 11) is 1.58. The van der Waals surface area contributed by atoms with Crippen molar-refractivity contribution in [1.82, 2.24) is 4.98 Å². The van der Waals surface area contributed by atoms with Gasteiger partial charge in [-0.3, -0.25) is 10.1 Å². The molecular formula is C21H17N3O2S. The lowest BCUT2D eigenvalue weighted by atomic mass is 10.1. The lowest BCUT2D eigenvalue weighted by Crippen LogP contribution is -2.13. The molecule has 3 rings (SSSR count). The number of benzene rings is 2. The van der Waals surface area contributed by atoms with Crippen LogP contribution in [0.4, 0.5) is 5.13 Å². The number of aryl methyl sites for hydroxylation is 1.